The van der Waals surface area contributed by atoms with Crippen LogP contribution in [0.4, 0.5) is 5.69 Å². The summed E-state index contributed by atoms with van der Waals surface area (Å²) in [7, 11) is -3.34. The third-order valence-corrected chi connectivity index (χ3v) is 6.44. The molecule has 0 aliphatic carbocycles. The zero-order chi connectivity index (χ0) is 19.3. The van der Waals surface area contributed by atoms with Gasteiger partial charge < -0.3 is 5.32 Å². The highest BCUT2D eigenvalue weighted by Gasteiger charge is 2.27. The van der Waals surface area contributed by atoms with E-state index in [0.717, 1.165) is 16.8 Å². The summed E-state index contributed by atoms with van der Waals surface area (Å²) in [5.74, 6) is -0.0667. The number of anilines is 1. The van der Waals surface area contributed by atoms with Gasteiger partial charge in [-0.15, -0.1) is 0 Å². The number of nitrogens with one attached hydrogen (secondary N) is 1. The zero-order valence-electron chi connectivity index (χ0n) is 15.5. The quantitative estimate of drug-likeness (QED) is 0.824. The molecule has 1 aliphatic rings. The first-order valence-corrected chi connectivity index (χ1v) is 10.6. The first kappa shape index (κ1) is 19.5. The lowest BCUT2D eigenvalue weighted by atomic mass is 10.2. The number of benzene rings is 2. The fourth-order valence-electron chi connectivity index (χ4n) is 3.17. The number of carbonyl (C=O) groups is 1. The van der Waals surface area contributed by atoms with Crippen LogP contribution < -0.4 is 5.32 Å². The average Bonchev–Trinajstić information content (AvgIpc) is 2.62. The van der Waals surface area contributed by atoms with Crippen LogP contribution in [0.5, 0.6) is 0 Å². The second-order valence-corrected chi connectivity index (χ2v) is 8.80. The number of carbonyl (C=O) groups excluding carboxylic acids is 1. The van der Waals surface area contributed by atoms with Gasteiger partial charge in [-0.05, 0) is 30.2 Å². The standard InChI is InChI=1S/C20H25N3O3S/c1-17-6-5-9-19(14-17)21-20(24)15-22-10-12-23(13-11-22)27(25,26)16-18-7-3-2-4-8-18/h2-9,14H,10-13,15-16H2,1H3,(H,21,24). The van der Waals surface area contributed by atoms with Crippen molar-refractivity contribution < 1.29 is 13.2 Å². The highest BCUT2D eigenvalue weighted by molar-refractivity contribution is 7.88. The molecule has 3 rings (SSSR count). The third-order valence-electron chi connectivity index (χ3n) is 4.59. The summed E-state index contributed by atoms with van der Waals surface area (Å²) in [6, 6.07) is 16.9. The van der Waals surface area contributed by atoms with E-state index in [0.29, 0.717) is 26.2 Å². The molecule has 0 atom stereocenters. The maximum Gasteiger partial charge on any atom is 0.238 e. The summed E-state index contributed by atoms with van der Waals surface area (Å²) in [4.78, 5) is 14.2. The van der Waals surface area contributed by atoms with Gasteiger partial charge in [0, 0.05) is 31.9 Å². The van der Waals surface area contributed by atoms with E-state index in [-0.39, 0.29) is 18.2 Å². The molecule has 6 nitrogen and oxygen atoms in total. The maximum atomic E-state index is 12.6. The second-order valence-electron chi connectivity index (χ2n) is 6.83. The molecule has 1 N–H and O–H groups in total. The van der Waals surface area contributed by atoms with Crippen molar-refractivity contribution in [1.82, 2.24) is 9.21 Å². The molecule has 0 radical (unpaired) electrons. The van der Waals surface area contributed by atoms with Gasteiger partial charge in [-0.2, -0.15) is 4.31 Å². The SMILES string of the molecule is Cc1cccc(NC(=O)CN2CCN(S(=O)(=O)Cc3ccccc3)CC2)c1. The van der Waals surface area contributed by atoms with Crippen LogP contribution in [0.1, 0.15) is 11.1 Å². The smallest absolute Gasteiger partial charge is 0.238 e. The van der Waals surface area contributed by atoms with Gasteiger partial charge in [0.2, 0.25) is 15.9 Å². The number of hydrogen-bond donors (Lipinski definition) is 1. The molecule has 1 heterocycles. The fourth-order valence-corrected chi connectivity index (χ4v) is 4.68. The van der Waals surface area contributed by atoms with E-state index >= 15 is 0 Å². The Morgan fingerprint density at radius 1 is 1.00 bits per heavy atom. The van der Waals surface area contributed by atoms with Crippen LogP contribution in [0.15, 0.2) is 54.6 Å². The number of piperazine rings is 1. The Labute approximate surface area is 160 Å². The average molecular weight is 388 g/mol. The molecule has 144 valence electrons. The van der Waals surface area contributed by atoms with Gasteiger partial charge >= 0.3 is 0 Å². The molecule has 1 saturated heterocycles. The minimum atomic E-state index is -3.34. The number of nitrogens with zero attached hydrogens (tertiary/aromatic N) is 2. The Bertz CT molecular complexity index is 876. The van der Waals surface area contributed by atoms with E-state index in [4.69, 9.17) is 0 Å². The molecular weight excluding hydrogens is 362 g/mol. The lowest BCUT2D eigenvalue weighted by molar-refractivity contribution is -0.117. The minimum absolute atomic E-state index is 0.0156. The molecule has 0 saturated carbocycles. The van der Waals surface area contributed by atoms with E-state index in [9.17, 15) is 13.2 Å². The molecule has 0 aromatic heterocycles. The van der Waals surface area contributed by atoms with Gasteiger partial charge in [0.25, 0.3) is 0 Å². The van der Waals surface area contributed by atoms with Crippen LogP contribution in [0.25, 0.3) is 0 Å². The molecule has 7 heteroatoms. The molecule has 0 spiro atoms. The molecule has 1 aliphatic heterocycles. The molecule has 1 amide bonds. The number of amides is 1. The van der Waals surface area contributed by atoms with E-state index in [1.54, 1.807) is 0 Å². The van der Waals surface area contributed by atoms with Gasteiger partial charge in [-0.1, -0.05) is 42.5 Å². The Morgan fingerprint density at radius 2 is 1.70 bits per heavy atom. The van der Waals surface area contributed by atoms with Crippen LogP contribution in [-0.2, 0) is 20.6 Å². The molecule has 2 aromatic rings. The van der Waals surface area contributed by atoms with Crippen LogP contribution >= 0.6 is 0 Å². The largest absolute Gasteiger partial charge is 0.325 e. The minimum Gasteiger partial charge on any atom is -0.325 e. The van der Waals surface area contributed by atoms with Crippen LogP contribution in [0.2, 0.25) is 0 Å². The van der Waals surface area contributed by atoms with Gasteiger partial charge in [-0.3, -0.25) is 9.69 Å². The summed E-state index contributed by atoms with van der Waals surface area (Å²) in [6.07, 6.45) is 0. The molecule has 2 aromatic carbocycles. The van der Waals surface area contributed by atoms with Gasteiger partial charge in [-0.25, -0.2) is 8.42 Å². The third kappa shape index (κ3) is 5.63. The molecular formula is C20H25N3O3S. The van der Waals surface area contributed by atoms with Crippen LogP contribution in [0.3, 0.4) is 0 Å². The number of hydrogen-bond acceptors (Lipinski definition) is 4. The highest BCUT2D eigenvalue weighted by Crippen LogP contribution is 2.14. The summed E-state index contributed by atoms with van der Waals surface area (Å²) < 4.78 is 26.7. The van der Waals surface area contributed by atoms with E-state index in [1.165, 1.54) is 4.31 Å². The van der Waals surface area contributed by atoms with Gasteiger partial charge in [0.15, 0.2) is 0 Å². The zero-order valence-corrected chi connectivity index (χ0v) is 16.3. The van der Waals surface area contributed by atoms with Crippen molar-refractivity contribution >= 4 is 21.6 Å². The summed E-state index contributed by atoms with van der Waals surface area (Å²) >= 11 is 0. The molecule has 0 unspecified atom stereocenters. The normalized spacial score (nSPS) is 16.2. The molecule has 27 heavy (non-hydrogen) atoms. The first-order valence-electron chi connectivity index (χ1n) is 9.03. The molecule has 0 bridgehead atoms. The van der Waals surface area contributed by atoms with Crippen LogP contribution in [0, 0.1) is 6.92 Å². The van der Waals surface area contributed by atoms with Crippen molar-refractivity contribution in [2.45, 2.75) is 12.7 Å². The van der Waals surface area contributed by atoms with Crippen molar-refractivity contribution in [1.29, 1.82) is 0 Å². The highest BCUT2D eigenvalue weighted by atomic mass is 32.2. The predicted molar refractivity (Wildman–Crippen MR) is 107 cm³/mol. The Hall–Kier alpha value is -2.22. The Balaban J connectivity index is 1.49. The van der Waals surface area contributed by atoms with Crippen molar-refractivity contribution in [3.63, 3.8) is 0 Å². The van der Waals surface area contributed by atoms with Crippen molar-refractivity contribution in [2.75, 3.05) is 38.0 Å². The van der Waals surface area contributed by atoms with Crippen molar-refractivity contribution in [2.24, 2.45) is 0 Å². The van der Waals surface area contributed by atoms with Gasteiger partial charge in [0.05, 0.1) is 12.3 Å². The summed E-state index contributed by atoms with van der Waals surface area (Å²) in [5.41, 5.74) is 2.66. The lowest BCUT2D eigenvalue weighted by Crippen LogP contribution is -2.50. The maximum absolute atomic E-state index is 12.6. The Kier molecular flexibility index (Phi) is 6.26. The Morgan fingerprint density at radius 3 is 2.37 bits per heavy atom. The van der Waals surface area contributed by atoms with Crippen molar-refractivity contribution in [3.05, 3.63) is 65.7 Å². The van der Waals surface area contributed by atoms with E-state index in [2.05, 4.69) is 5.32 Å². The monoisotopic (exact) mass is 387 g/mol. The predicted octanol–water partition coefficient (Wildman–Crippen LogP) is 2.08. The fraction of sp³-hybridized carbons (Fsp3) is 0.350. The van der Waals surface area contributed by atoms with E-state index in [1.807, 2.05) is 66.4 Å². The second kappa shape index (κ2) is 8.65. The topological polar surface area (TPSA) is 69.7 Å². The van der Waals surface area contributed by atoms with Gasteiger partial charge in [0.1, 0.15) is 0 Å². The number of sulfonamides is 1. The molecule has 1 fully saturated rings. The van der Waals surface area contributed by atoms with Crippen molar-refractivity contribution in [3.8, 4) is 0 Å². The lowest BCUT2D eigenvalue weighted by Gasteiger charge is -2.33. The number of rotatable bonds is 6. The summed E-state index contributed by atoms with van der Waals surface area (Å²) in [5, 5.41) is 2.89. The van der Waals surface area contributed by atoms with Crippen LogP contribution in [-0.4, -0.2) is 56.3 Å². The van der Waals surface area contributed by atoms with E-state index < -0.39 is 10.0 Å². The first-order chi connectivity index (χ1) is 12.9. The number of aryl methyl sites for hydroxylation is 1. The summed E-state index contributed by atoms with van der Waals surface area (Å²) in [6.45, 7) is 4.16.